The van der Waals surface area contributed by atoms with Gasteiger partial charge in [-0.05, 0) is 84.4 Å². The summed E-state index contributed by atoms with van der Waals surface area (Å²) in [6, 6.07) is 16.6. The van der Waals surface area contributed by atoms with Gasteiger partial charge in [0.15, 0.2) is 5.75 Å². The molecule has 1 fully saturated rings. The molecule has 1 aliphatic rings. The SMILES string of the molecule is CC(=C1SC(=O)NC1=O)c1ccc(OCCOc2c(-c3ccc(F)cc3)n(C)c3ccc(F)cc3c2=O)cc1. The molecule has 3 aromatic carbocycles. The zero-order valence-electron chi connectivity index (χ0n) is 20.9. The predicted molar refractivity (Wildman–Crippen MR) is 146 cm³/mol. The van der Waals surface area contributed by atoms with Gasteiger partial charge in [0.2, 0.25) is 5.43 Å². The number of amides is 2. The van der Waals surface area contributed by atoms with Crippen LogP contribution in [0.25, 0.3) is 27.7 Å². The van der Waals surface area contributed by atoms with E-state index >= 15 is 0 Å². The van der Waals surface area contributed by atoms with Crippen LogP contribution in [0.2, 0.25) is 0 Å². The zero-order valence-corrected chi connectivity index (χ0v) is 21.7. The molecule has 5 rings (SSSR count). The maximum Gasteiger partial charge on any atom is 0.290 e. The molecule has 1 aliphatic heterocycles. The molecule has 0 bridgehead atoms. The van der Waals surface area contributed by atoms with Crippen LogP contribution in [0.1, 0.15) is 12.5 Å². The highest BCUT2D eigenvalue weighted by Gasteiger charge is 2.27. The number of hydrogen-bond donors (Lipinski definition) is 1. The third kappa shape index (κ3) is 5.28. The summed E-state index contributed by atoms with van der Waals surface area (Å²) in [5.74, 6) is -0.838. The second-order valence-electron chi connectivity index (χ2n) is 8.75. The summed E-state index contributed by atoms with van der Waals surface area (Å²) in [7, 11) is 1.73. The molecule has 0 unspecified atom stereocenters. The molecule has 7 nitrogen and oxygen atoms in total. The van der Waals surface area contributed by atoms with Crippen molar-refractivity contribution >= 4 is 39.4 Å². The standard InChI is InChI=1S/C29H22F2N2O5S/c1-16(27-28(35)32-29(36)39-27)17-5-10-21(11-6-17)37-13-14-38-26-24(18-3-7-19(30)8-4-18)33(2)23-12-9-20(31)15-22(23)25(26)34/h3-12,15H,13-14H2,1-2H3,(H,32,35,36). The molecule has 4 aromatic rings. The lowest BCUT2D eigenvalue weighted by Gasteiger charge is -2.18. The topological polar surface area (TPSA) is 86.6 Å². The lowest BCUT2D eigenvalue weighted by molar-refractivity contribution is -0.115. The monoisotopic (exact) mass is 548 g/mol. The third-order valence-electron chi connectivity index (χ3n) is 6.28. The molecular weight excluding hydrogens is 526 g/mol. The van der Waals surface area contributed by atoms with Crippen molar-refractivity contribution in [3.8, 4) is 22.8 Å². The van der Waals surface area contributed by atoms with Crippen LogP contribution in [0.3, 0.4) is 0 Å². The van der Waals surface area contributed by atoms with Crippen molar-refractivity contribution in [1.82, 2.24) is 9.88 Å². The summed E-state index contributed by atoms with van der Waals surface area (Å²) < 4.78 is 40.9. The van der Waals surface area contributed by atoms with Gasteiger partial charge in [-0.1, -0.05) is 12.1 Å². The van der Waals surface area contributed by atoms with Crippen LogP contribution in [-0.2, 0) is 11.8 Å². The Balaban J connectivity index is 1.35. The number of allylic oxidation sites excluding steroid dienone is 1. The summed E-state index contributed by atoms with van der Waals surface area (Å²) in [6.45, 7) is 1.87. The molecular formula is C29H22F2N2O5S. The fourth-order valence-corrected chi connectivity index (χ4v) is 5.09. The molecule has 0 aliphatic carbocycles. The minimum Gasteiger partial charge on any atom is -0.490 e. The van der Waals surface area contributed by atoms with E-state index in [4.69, 9.17) is 9.47 Å². The normalized spacial score (nSPS) is 14.5. The minimum atomic E-state index is -0.545. The Morgan fingerprint density at radius 3 is 2.23 bits per heavy atom. The first-order valence-corrected chi connectivity index (χ1v) is 12.7. The number of aromatic nitrogens is 1. The third-order valence-corrected chi connectivity index (χ3v) is 7.27. The van der Waals surface area contributed by atoms with Gasteiger partial charge in [0.25, 0.3) is 11.1 Å². The molecule has 2 amide bonds. The van der Waals surface area contributed by atoms with Gasteiger partial charge in [0.05, 0.1) is 21.5 Å². The Bertz CT molecular complexity index is 1700. The number of pyridine rings is 1. The van der Waals surface area contributed by atoms with E-state index in [9.17, 15) is 23.2 Å². The number of halogens is 2. The number of aryl methyl sites for hydroxylation is 1. The highest BCUT2D eigenvalue weighted by Crippen LogP contribution is 2.33. The lowest BCUT2D eigenvalue weighted by atomic mass is 10.1. The molecule has 39 heavy (non-hydrogen) atoms. The Labute approximate surface area is 226 Å². The molecule has 1 saturated heterocycles. The first-order valence-electron chi connectivity index (χ1n) is 11.9. The van der Waals surface area contributed by atoms with E-state index in [1.807, 2.05) is 0 Å². The van der Waals surface area contributed by atoms with E-state index in [1.54, 1.807) is 54.9 Å². The first-order chi connectivity index (χ1) is 18.7. The fourth-order valence-electron chi connectivity index (χ4n) is 4.35. The Hall–Kier alpha value is -4.44. The van der Waals surface area contributed by atoms with Crippen molar-refractivity contribution in [2.45, 2.75) is 6.92 Å². The van der Waals surface area contributed by atoms with E-state index in [-0.39, 0.29) is 24.3 Å². The average molecular weight is 549 g/mol. The summed E-state index contributed by atoms with van der Waals surface area (Å²) in [5.41, 5.74) is 2.46. The smallest absolute Gasteiger partial charge is 0.290 e. The molecule has 0 saturated carbocycles. The highest BCUT2D eigenvalue weighted by molar-refractivity contribution is 8.18. The van der Waals surface area contributed by atoms with Gasteiger partial charge in [-0.15, -0.1) is 0 Å². The van der Waals surface area contributed by atoms with E-state index < -0.39 is 28.2 Å². The summed E-state index contributed by atoms with van der Waals surface area (Å²) >= 11 is 0.865. The fraction of sp³-hybridized carbons (Fsp3) is 0.138. The van der Waals surface area contributed by atoms with Crippen molar-refractivity contribution in [2.24, 2.45) is 7.05 Å². The number of rotatable bonds is 7. The second kappa shape index (κ2) is 10.7. The van der Waals surface area contributed by atoms with Crippen molar-refractivity contribution < 1.29 is 27.8 Å². The van der Waals surface area contributed by atoms with Crippen molar-refractivity contribution in [2.75, 3.05) is 13.2 Å². The number of thioether (sulfide) groups is 1. The lowest BCUT2D eigenvalue weighted by Crippen LogP contribution is -2.18. The van der Waals surface area contributed by atoms with Gasteiger partial charge < -0.3 is 14.0 Å². The maximum atomic E-state index is 14.0. The summed E-state index contributed by atoms with van der Waals surface area (Å²) in [5, 5.41) is 2.01. The molecule has 1 aromatic heterocycles. The van der Waals surface area contributed by atoms with Crippen LogP contribution >= 0.6 is 11.8 Å². The largest absolute Gasteiger partial charge is 0.490 e. The number of benzene rings is 3. The number of imide groups is 1. The van der Waals surface area contributed by atoms with Gasteiger partial charge in [-0.3, -0.25) is 19.7 Å². The average Bonchev–Trinajstić information content (AvgIpc) is 3.27. The summed E-state index contributed by atoms with van der Waals surface area (Å²) in [4.78, 5) is 37.1. The van der Waals surface area contributed by atoms with Crippen LogP contribution < -0.4 is 20.2 Å². The molecule has 1 N–H and O–H groups in total. The van der Waals surface area contributed by atoms with E-state index in [0.29, 0.717) is 33.0 Å². The number of carbonyl (C=O) groups is 2. The van der Waals surface area contributed by atoms with Gasteiger partial charge in [0, 0.05) is 12.6 Å². The quantitative estimate of drug-likeness (QED) is 0.237. The van der Waals surface area contributed by atoms with Crippen LogP contribution in [0, 0.1) is 11.6 Å². The molecule has 0 radical (unpaired) electrons. The number of carbonyl (C=O) groups excluding carboxylic acids is 2. The van der Waals surface area contributed by atoms with Crippen LogP contribution in [0.4, 0.5) is 13.6 Å². The number of hydrogen-bond acceptors (Lipinski definition) is 6. The van der Waals surface area contributed by atoms with Crippen molar-refractivity contribution in [3.63, 3.8) is 0 Å². The molecule has 2 heterocycles. The highest BCUT2D eigenvalue weighted by atomic mass is 32.2. The number of fused-ring (bicyclic) bond motifs is 1. The molecule has 0 atom stereocenters. The molecule has 10 heteroatoms. The zero-order chi connectivity index (χ0) is 27.7. The summed E-state index contributed by atoms with van der Waals surface area (Å²) in [6.07, 6.45) is 0. The van der Waals surface area contributed by atoms with E-state index in [1.165, 1.54) is 24.3 Å². The van der Waals surface area contributed by atoms with E-state index in [0.717, 1.165) is 23.4 Å². The van der Waals surface area contributed by atoms with Crippen LogP contribution in [-0.4, -0.2) is 28.9 Å². The Kier molecular flexibility index (Phi) is 7.21. The number of nitrogens with one attached hydrogen (secondary N) is 1. The second-order valence-corrected chi connectivity index (χ2v) is 9.74. The van der Waals surface area contributed by atoms with E-state index in [2.05, 4.69) is 5.32 Å². The maximum absolute atomic E-state index is 14.0. The number of nitrogens with zero attached hydrogens (tertiary/aromatic N) is 1. The van der Waals surface area contributed by atoms with Crippen LogP contribution in [0.15, 0.2) is 76.4 Å². The first kappa shape index (κ1) is 26.2. The Morgan fingerprint density at radius 1 is 0.897 bits per heavy atom. The molecule has 198 valence electrons. The van der Waals surface area contributed by atoms with Gasteiger partial charge >= 0.3 is 0 Å². The predicted octanol–water partition coefficient (Wildman–Crippen LogP) is 5.66. The minimum absolute atomic E-state index is 0.00490. The number of ether oxygens (including phenoxy) is 2. The van der Waals surface area contributed by atoms with Crippen molar-refractivity contribution in [1.29, 1.82) is 0 Å². The van der Waals surface area contributed by atoms with Gasteiger partial charge in [-0.2, -0.15) is 0 Å². The van der Waals surface area contributed by atoms with Gasteiger partial charge in [-0.25, -0.2) is 8.78 Å². The Morgan fingerprint density at radius 2 is 1.56 bits per heavy atom. The van der Waals surface area contributed by atoms with Crippen molar-refractivity contribution in [3.05, 3.63) is 99.1 Å². The molecule has 0 spiro atoms. The van der Waals surface area contributed by atoms with Crippen LogP contribution in [0.5, 0.6) is 11.5 Å². The van der Waals surface area contributed by atoms with Gasteiger partial charge in [0.1, 0.15) is 30.6 Å².